The predicted molar refractivity (Wildman–Crippen MR) is 124 cm³/mol. The van der Waals surface area contributed by atoms with Crippen LogP contribution in [0.25, 0.3) is 0 Å². The van der Waals surface area contributed by atoms with Crippen LogP contribution in [0.4, 0.5) is 4.79 Å². The van der Waals surface area contributed by atoms with E-state index in [0.717, 1.165) is 11.1 Å². The maximum Gasteiger partial charge on any atom is 0.408 e. The van der Waals surface area contributed by atoms with E-state index >= 15 is 0 Å². The van der Waals surface area contributed by atoms with Crippen molar-refractivity contribution < 1.29 is 24.0 Å². The molecule has 3 rings (SSSR count). The number of nitrogens with one attached hydrogen (secondary N) is 4. The zero-order valence-electron chi connectivity index (χ0n) is 17.8. The highest BCUT2D eigenvalue weighted by atomic mass is 79.9. The summed E-state index contributed by atoms with van der Waals surface area (Å²) in [5, 5.41) is 7.93. The summed E-state index contributed by atoms with van der Waals surface area (Å²) in [7, 11) is 0. The van der Waals surface area contributed by atoms with Gasteiger partial charge in [0.05, 0.1) is 13.0 Å². The van der Waals surface area contributed by atoms with Crippen molar-refractivity contribution in [2.45, 2.75) is 31.7 Å². The molecule has 0 saturated heterocycles. The van der Waals surface area contributed by atoms with Crippen LogP contribution < -0.4 is 21.4 Å². The molecule has 0 bridgehead atoms. The molecule has 9 nitrogen and oxygen atoms in total. The van der Waals surface area contributed by atoms with Gasteiger partial charge in [-0.2, -0.15) is 0 Å². The lowest BCUT2D eigenvalue weighted by Gasteiger charge is -2.19. The number of alkyl carbamates (subject to hydrolysis) is 1. The van der Waals surface area contributed by atoms with Gasteiger partial charge in [0.15, 0.2) is 0 Å². The third-order valence-electron chi connectivity index (χ3n) is 4.66. The molecular formula is C23H25BrN4O5. The highest BCUT2D eigenvalue weighted by Crippen LogP contribution is 2.11. The molecule has 0 spiro atoms. The number of hydroxylamine groups is 1. The molecule has 0 aromatic heterocycles. The Morgan fingerprint density at radius 1 is 1.00 bits per heavy atom. The highest BCUT2D eigenvalue weighted by Gasteiger charge is 2.26. The van der Waals surface area contributed by atoms with Crippen LogP contribution in [-0.4, -0.2) is 36.6 Å². The molecular weight excluding hydrogens is 492 g/mol. The zero-order valence-corrected chi connectivity index (χ0v) is 19.3. The first-order valence-corrected chi connectivity index (χ1v) is 11.1. The standard InChI is InChI=1S/C23H25BrN4O5/c24-20-11-18(33-28-20)14-26-22(30)19(12-21(29)25-13-16-7-3-1-4-8-16)27-23(31)32-15-17-9-5-2-6-10-17/h1-11,18-19,28H,12-15H2,(H,25,29)(H,26,30)(H,27,31). The monoisotopic (exact) mass is 516 g/mol. The van der Waals surface area contributed by atoms with Crippen LogP contribution in [0.2, 0.25) is 0 Å². The van der Waals surface area contributed by atoms with Crippen molar-refractivity contribution >= 4 is 33.8 Å². The van der Waals surface area contributed by atoms with E-state index in [1.807, 2.05) is 60.7 Å². The largest absolute Gasteiger partial charge is 0.445 e. The van der Waals surface area contributed by atoms with Crippen LogP contribution in [0.3, 0.4) is 0 Å². The Morgan fingerprint density at radius 2 is 1.67 bits per heavy atom. The van der Waals surface area contributed by atoms with Gasteiger partial charge < -0.3 is 20.7 Å². The first kappa shape index (κ1) is 24.3. The SMILES string of the molecule is O=C(CC(NC(=O)OCc1ccccc1)C(=O)NCC1C=C(Br)NO1)NCc1ccccc1. The Bertz CT molecular complexity index is 914. The molecule has 4 N–H and O–H groups in total. The normalized spacial score (nSPS) is 15.5. The number of benzene rings is 2. The van der Waals surface area contributed by atoms with Gasteiger partial charge >= 0.3 is 6.09 Å². The molecule has 0 saturated carbocycles. The van der Waals surface area contributed by atoms with E-state index in [2.05, 4.69) is 37.4 Å². The average molecular weight is 517 g/mol. The molecule has 2 aromatic rings. The summed E-state index contributed by atoms with van der Waals surface area (Å²) in [5.41, 5.74) is 4.35. The van der Waals surface area contributed by atoms with Gasteiger partial charge in [-0.3, -0.25) is 19.9 Å². The number of amides is 3. The number of ether oxygens (including phenoxy) is 1. The van der Waals surface area contributed by atoms with E-state index < -0.39 is 18.0 Å². The topological polar surface area (TPSA) is 118 Å². The van der Waals surface area contributed by atoms with Crippen molar-refractivity contribution in [1.82, 2.24) is 21.4 Å². The Kier molecular flexibility index (Phi) is 9.28. The van der Waals surface area contributed by atoms with Crippen molar-refractivity contribution in [1.29, 1.82) is 0 Å². The number of halogens is 1. The second kappa shape index (κ2) is 12.6. The molecule has 33 heavy (non-hydrogen) atoms. The van der Waals surface area contributed by atoms with Crippen LogP contribution in [0.5, 0.6) is 0 Å². The summed E-state index contributed by atoms with van der Waals surface area (Å²) in [5.74, 6) is -0.912. The van der Waals surface area contributed by atoms with Gasteiger partial charge in [0.25, 0.3) is 0 Å². The molecule has 2 unspecified atom stereocenters. The molecule has 2 aromatic carbocycles. The van der Waals surface area contributed by atoms with Gasteiger partial charge in [-0.05, 0) is 33.1 Å². The van der Waals surface area contributed by atoms with Gasteiger partial charge in [0.2, 0.25) is 11.8 Å². The van der Waals surface area contributed by atoms with Crippen molar-refractivity contribution in [3.8, 4) is 0 Å². The lowest BCUT2D eigenvalue weighted by atomic mass is 10.1. The second-order valence-electron chi connectivity index (χ2n) is 7.24. The summed E-state index contributed by atoms with van der Waals surface area (Å²) < 4.78 is 5.85. The molecule has 0 aliphatic carbocycles. The molecule has 174 valence electrons. The van der Waals surface area contributed by atoms with E-state index in [4.69, 9.17) is 9.57 Å². The Labute approximate surface area is 200 Å². The molecule has 2 atom stereocenters. The molecule has 1 aliphatic rings. The summed E-state index contributed by atoms with van der Waals surface area (Å²) >= 11 is 3.24. The van der Waals surface area contributed by atoms with E-state index in [0.29, 0.717) is 11.2 Å². The molecule has 1 heterocycles. The minimum atomic E-state index is -1.12. The maximum absolute atomic E-state index is 12.7. The van der Waals surface area contributed by atoms with Crippen molar-refractivity contribution in [3.05, 3.63) is 82.5 Å². The van der Waals surface area contributed by atoms with Gasteiger partial charge in [-0.15, -0.1) is 0 Å². The molecule has 10 heteroatoms. The molecule has 3 amide bonds. The number of carbonyl (C=O) groups excluding carboxylic acids is 3. The zero-order chi connectivity index (χ0) is 23.5. The van der Waals surface area contributed by atoms with Gasteiger partial charge in [-0.1, -0.05) is 60.7 Å². The first-order valence-electron chi connectivity index (χ1n) is 10.3. The molecule has 1 aliphatic heterocycles. The van der Waals surface area contributed by atoms with Crippen molar-refractivity contribution in [2.24, 2.45) is 0 Å². The molecule has 0 radical (unpaired) electrons. The minimum Gasteiger partial charge on any atom is -0.445 e. The third-order valence-corrected chi connectivity index (χ3v) is 5.09. The van der Waals surface area contributed by atoms with Crippen LogP contribution in [-0.2, 0) is 32.3 Å². The third kappa shape index (κ3) is 8.59. The van der Waals surface area contributed by atoms with Crippen LogP contribution in [0.1, 0.15) is 17.5 Å². The summed E-state index contributed by atoms with van der Waals surface area (Å²) in [6.07, 6.45) is 0.309. The van der Waals surface area contributed by atoms with Crippen molar-refractivity contribution in [2.75, 3.05) is 6.54 Å². The van der Waals surface area contributed by atoms with Crippen LogP contribution >= 0.6 is 15.9 Å². The Morgan fingerprint density at radius 3 is 2.30 bits per heavy atom. The highest BCUT2D eigenvalue weighted by molar-refractivity contribution is 9.11. The van der Waals surface area contributed by atoms with E-state index in [-0.39, 0.29) is 31.6 Å². The minimum absolute atomic E-state index is 0.0433. The second-order valence-corrected chi connectivity index (χ2v) is 8.10. The Balaban J connectivity index is 1.54. The van der Waals surface area contributed by atoms with Crippen LogP contribution in [0, 0.1) is 0 Å². The van der Waals surface area contributed by atoms with Gasteiger partial charge in [0, 0.05) is 6.54 Å². The Hall–Kier alpha value is -3.37. The number of hydrogen-bond donors (Lipinski definition) is 4. The fraction of sp³-hybridized carbons (Fsp3) is 0.261. The van der Waals surface area contributed by atoms with Gasteiger partial charge in [0.1, 0.15) is 23.4 Å². The van der Waals surface area contributed by atoms with E-state index in [1.165, 1.54) is 0 Å². The lowest BCUT2D eigenvalue weighted by molar-refractivity contribution is -0.128. The summed E-state index contributed by atoms with van der Waals surface area (Å²) in [6.45, 7) is 0.512. The van der Waals surface area contributed by atoms with Crippen molar-refractivity contribution in [3.63, 3.8) is 0 Å². The average Bonchev–Trinajstić information content (AvgIpc) is 3.26. The molecule has 0 fully saturated rings. The van der Waals surface area contributed by atoms with Gasteiger partial charge in [-0.25, -0.2) is 4.79 Å². The van der Waals surface area contributed by atoms with E-state index in [1.54, 1.807) is 6.08 Å². The smallest absolute Gasteiger partial charge is 0.408 e. The number of rotatable bonds is 10. The van der Waals surface area contributed by atoms with E-state index in [9.17, 15) is 14.4 Å². The first-order chi connectivity index (χ1) is 16.0. The number of hydrogen-bond acceptors (Lipinski definition) is 6. The maximum atomic E-state index is 12.7. The lowest BCUT2D eigenvalue weighted by Crippen LogP contribution is -2.50. The van der Waals surface area contributed by atoms with Crippen LogP contribution in [0.15, 0.2) is 71.3 Å². The predicted octanol–water partition coefficient (Wildman–Crippen LogP) is 2.24. The fourth-order valence-electron chi connectivity index (χ4n) is 2.96. The summed E-state index contributed by atoms with van der Waals surface area (Å²) in [6, 6.07) is 17.4. The quantitative estimate of drug-likeness (QED) is 0.359. The fourth-order valence-corrected chi connectivity index (χ4v) is 3.35. The summed E-state index contributed by atoms with van der Waals surface area (Å²) in [4.78, 5) is 42.7. The number of carbonyl (C=O) groups is 3.